The van der Waals surface area contributed by atoms with E-state index >= 15 is 0 Å². The molecule has 0 aliphatic heterocycles. The maximum absolute atomic E-state index is 11.6. The Bertz CT molecular complexity index is 976. The molecule has 1 fully saturated rings. The normalized spacial score (nSPS) is 15.2. The predicted molar refractivity (Wildman–Crippen MR) is 107 cm³/mol. The number of hydrogen-bond acceptors (Lipinski definition) is 5. The molecule has 0 bridgehead atoms. The Kier molecular flexibility index (Phi) is 5.41. The van der Waals surface area contributed by atoms with Gasteiger partial charge in [0, 0.05) is 23.7 Å². The maximum atomic E-state index is 11.6. The molecule has 0 unspecified atom stereocenters. The van der Waals surface area contributed by atoms with Gasteiger partial charge in [0.05, 0.1) is 0 Å². The minimum atomic E-state index is -0.570. The number of hydrogen-bond donors (Lipinski definition) is 2. The summed E-state index contributed by atoms with van der Waals surface area (Å²) in [7, 11) is 2.20. The van der Waals surface area contributed by atoms with Crippen molar-refractivity contribution in [2.45, 2.75) is 44.7 Å². The number of hydroxylamine groups is 1. The van der Waals surface area contributed by atoms with Crippen molar-refractivity contribution < 1.29 is 14.4 Å². The van der Waals surface area contributed by atoms with Crippen molar-refractivity contribution in [2.24, 2.45) is 0 Å². The smallest absolute Gasteiger partial charge is 0.274 e. The minimum absolute atomic E-state index is 0.331. The van der Waals surface area contributed by atoms with E-state index in [0.717, 1.165) is 12.1 Å². The summed E-state index contributed by atoms with van der Waals surface area (Å²) in [5.41, 5.74) is 5.30. The van der Waals surface area contributed by atoms with Gasteiger partial charge in [-0.25, -0.2) is 10.5 Å². The molecule has 1 heterocycles. The Morgan fingerprint density at radius 1 is 1.21 bits per heavy atom. The Morgan fingerprint density at radius 3 is 2.82 bits per heavy atom. The minimum Gasteiger partial charge on any atom is -0.436 e. The van der Waals surface area contributed by atoms with Gasteiger partial charge in [0.25, 0.3) is 5.91 Å². The van der Waals surface area contributed by atoms with Crippen LogP contribution in [0.1, 0.15) is 48.0 Å². The molecule has 0 spiro atoms. The summed E-state index contributed by atoms with van der Waals surface area (Å²) in [4.78, 5) is 18.6. The van der Waals surface area contributed by atoms with Crippen LogP contribution in [0.3, 0.4) is 0 Å². The molecule has 28 heavy (non-hydrogen) atoms. The maximum Gasteiger partial charge on any atom is 0.274 e. The number of nitrogens with zero attached hydrogens (tertiary/aromatic N) is 2. The molecule has 1 aliphatic carbocycles. The van der Waals surface area contributed by atoms with Crippen LogP contribution in [0.15, 0.2) is 46.9 Å². The van der Waals surface area contributed by atoms with Crippen molar-refractivity contribution in [1.82, 2.24) is 15.4 Å². The lowest BCUT2D eigenvalue weighted by atomic mass is 9.94. The molecule has 6 heteroatoms. The molecule has 0 saturated heterocycles. The highest BCUT2D eigenvalue weighted by atomic mass is 16.5. The van der Waals surface area contributed by atoms with Crippen molar-refractivity contribution in [2.75, 3.05) is 7.05 Å². The monoisotopic (exact) mass is 379 g/mol. The Labute approximate surface area is 164 Å². The van der Waals surface area contributed by atoms with Gasteiger partial charge in [-0.1, -0.05) is 31.4 Å². The van der Waals surface area contributed by atoms with Crippen molar-refractivity contribution in [3.63, 3.8) is 0 Å². The van der Waals surface area contributed by atoms with Gasteiger partial charge in [-0.15, -0.1) is 0 Å². The highest BCUT2D eigenvalue weighted by Gasteiger charge is 2.18. The van der Waals surface area contributed by atoms with E-state index in [1.165, 1.54) is 37.7 Å². The Morgan fingerprint density at radius 2 is 2.04 bits per heavy atom. The number of nitrogens with one attached hydrogen (secondary N) is 1. The topological polar surface area (TPSA) is 78.6 Å². The number of fused-ring (bicyclic) bond motifs is 1. The van der Waals surface area contributed by atoms with Crippen LogP contribution >= 0.6 is 0 Å². The van der Waals surface area contributed by atoms with Crippen LogP contribution in [0.25, 0.3) is 22.6 Å². The third-order valence-electron chi connectivity index (χ3n) is 5.56. The van der Waals surface area contributed by atoms with E-state index in [0.29, 0.717) is 28.6 Å². The highest BCUT2D eigenvalue weighted by Crippen LogP contribution is 2.27. The molecule has 1 saturated carbocycles. The summed E-state index contributed by atoms with van der Waals surface area (Å²) in [6, 6.07) is 13.8. The predicted octanol–water partition coefficient (Wildman–Crippen LogP) is 4.38. The molecule has 146 valence electrons. The zero-order valence-corrected chi connectivity index (χ0v) is 16.0. The van der Waals surface area contributed by atoms with Crippen LogP contribution in [-0.4, -0.2) is 34.1 Å². The van der Waals surface area contributed by atoms with Crippen molar-refractivity contribution in [1.29, 1.82) is 0 Å². The van der Waals surface area contributed by atoms with Crippen LogP contribution in [0.5, 0.6) is 0 Å². The average Bonchev–Trinajstić information content (AvgIpc) is 3.17. The first-order chi connectivity index (χ1) is 13.6. The molecule has 6 nitrogen and oxygen atoms in total. The van der Waals surface area contributed by atoms with E-state index in [4.69, 9.17) is 9.62 Å². The molecule has 3 aromatic rings. The molecule has 1 aromatic heterocycles. The first-order valence-electron chi connectivity index (χ1n) is 9.78. The zero-order chi connectivity index (χ0) is 19.5. The van der Waals surface area contributed by atoms with Gasteiger partial charge in [-0.05, 0) is 55.8 Å². The second-order valence-corrected chi connectivity index (χ2v) is 7.55. The molecule has 0 radical (unpaired) electrons. The molecule has 1 amide bonds. The standard InChI is InChI=1S/C22H25N3O3/c1-25(18-8-3-2-4-9-18)14-15-6-5-7-17(12-15)22-23-19-13-16(21(26)24-27)10-11-20(19)28-22/h5-7,10-13,18,27H,2-4,8-9,14H2,1H3,(H,24,26). The lowest BCUT2D eigenvalue weighted by molar-refractivity contribution is 0.0706. The SMILES string of the molecule is CN(Cc1cccc(-c2nc3cc(C(=O)NO)ccc3o2)c1)C1CCCCC1. The van der Waals surface area contributed by atoms with E-state index in [9.17, 15) is 4.79 Å². The van der Waals surface area contributed by atoms with Crippen LogP contribution in [0.4, 0.5) is 0 Å². The summed E-state index contributed by atoms with van der Waals surface area (Å²) >= 11 is 0. The van der Waals surface area contributed by atoms with Crippen molar-refractivity contribution in [3.05, 3.63) is 53.6 Å². The quantitative estimate of drug-likeness (QED) is 0.508. The number of rotatable bonds is 5. The van der Waals surface area contributed by atoms with Crippen LogP contribution in [-0.2, 0) is 6.54 Å². The number of aromatic nitrogens is 1. The number of amides is 1. The van der Waals surface area contributed by atoms with Gasteiger partial charge in [0.1, 0.15) is 5.52 Å². The van der Waals surface area contributed by atoms with E-state index in [2.05, 4.69) is 29.1 Å². The number of carbonyl (C=O) groups is 1. The van der Waals surface area contributed by atoms with E-state index in [1.54, 1.807) is 23.7 Å². The van der Waals surface area contributed by atoms with Crippen LogP contribution < -0.4 is 5.48 Å². The number of oxazole rings is 1. The summed E-state index contributed by atoms with van der Waals surface area (Å²) < 4.78 is 5.88. The molecule has 4 rings (SSSR count). The van der Waals surface area contributed by atoms with E-state index in [-0.39, 0.29) is 0 Å². The lowest BCUT2D eigenvalue weighted by Crippen LogP contribution is -2.32. The molecule has 0 atom stereocenters. The summed E-state index contributed by atoms with van der Waals surface area (Å²) in [5.74, 6) is -0.0436. The number of benzene rings is 2. The molecular formula is C22H25N3O3. The van der Waals surface area contributed by atoms with E-state index < -0.39 is 5.91 Å². The fraction of sp³-hybridized carbons (Fsp3) is 0.364. The lowest BCUT2D eigenvalue weighted by Gasteiger charge is -2.31. The molecule has 1 aliphatic rings. The fourth-order valence-electron chi connectivity index (χ4n) is 4.00. The second kappa shape index (κ2) is 8.12. The molecule has 2 N–H and O–H groups in total. The first-order valence-corrected chi connectivity index (χ1v) is 9.78. The summed E-state index contributed by atoms with van der Waals surface area (Å²) in [5, 5.41) is 8.79. The zero-order valence-electron chi connectivity index (χ0n) is 16.0. The highest BCUT2D eigenvalue weighted by molar-refractivity contribution is 5.96. The fourth-order valence-corrected chi connectivity index (χ4v) is 4.00. The van der Waals surface area contributed by atoms with Gasteiger partial charge in [0.15, 0.2) is 5.58 Å². The van der Waals surface area contributed by atoms with Gasteiger partial charge in [-0.3, -0.25) is 14.9 Å². The van der Waals surface area contributed by atoms with Crippen molar-refractivity contribution >= 4 is 17.0 Å². The second-order valence-electron chi connectivity index (χ2n) is 7.55. The Hall–Kier alpha value is -2.70. The largest absolute Gasteiger partial charge is 0.436 e. The molecule has 2 aromatic carbocycles. The Balaban J connectivity index is 1.55. The van der Waals surface area contributed by atoms with Gasteiger partial charge < -0.3 is 4.42 Å². The van der Waals surface area contributed by atoms with Crippen LogP contribution in [0.2, 0.25) is 0 Å². The third kappa shape index (κ3) is 3.93. The first kappa shape index (κ1) is 18.7. The summed E-state index contributed by atoms with van der Waals surface area (Å²) in [6.45, 7) is 0.902. The van der Waals surface area contributed by atoms with E-state index in [1.807, 2.05) is 12.1 Å². The summed E-state index contributed by atoms with van der Waals surface area (Å²) in [6.07, 6.45) is 6.58. The van der Waals surface area contributed by atoms with Gasteiger partial charge >= 0.3 is 0 Å². The van der Waals surface area contributed by atoms with Gasteiger partial charge in [0.2, 0.25) is 5.89 Å². The van der Waals surface area contributed by atoms with Gasteiger partial charge in [-0.2, -0.15) is 0 Å². The van der Waals surface area contributed by atoms with Crippen LogP contribution in [0, 0.1) is 0 Å². The average molecular weight is 379 g/mol. The number of carbonyl (C=O) groups excluding carboxylic acids is 1. The molecular weight excluding hydrogens is 354 g/mol. The third-order valence-corrected chi connectivity index (χ3v) is 5.56. The van der Waals surface area contributed by atoms with Crippen molar-refractivity contribution in [3.8, 4) is 11.5 Å².